The van der Waals surface area contributed by atoms with Crippen LogP contribution in [-0.4, -0.2) is 44.2 Å². The maximum Gasteiger partial charge on any atom is 0.315 e. The van der Waals surface area contributed by atoms with E-state index in [1.165, 1.54) is 19.5 Å². The number of amides is 2. The number of nitrogens with zero attached hydrogens (tertiary/aromatic N) is 1. The lowest BCUT2D eigenvalue weighted by Crippen LogP contribution is -2.41. The van der Waals surface area contributed by atoms with E-state index in [-0.39, 0.29) is 6.03 Å². The minimum atomic E-state index is -0.124. The summed E-state index contributed by atoms with van der Waals surface area (Å²) < 4.78 is 5.28. The number of carbonyl (C=O) groups excluding carboxylic acids is 1. The van der Waals surface area contributed by atoms with E-state index in [0.29, 0.717) is 13.1 Å². The molecule has 2 rings (SSSR count). The van der Waals surface area contributed by atoms with Gasteiger partial charge in [0.2, 0.25) is 0 Å². The van der Waals surface area contributed by atoms with E-state index >= 15 is 0 Å². The fraction of sp³-hybridized carbons (Fsp3) is 0.632. The Morgan fingerprint density at radius 3 is 2.62 bits per heavy atom. The second-order valence-corrected chi connectivity index (χ2v) is 6.98. The van der Waals surface area contributed by atoms with Gasteiger partial charge in [0.15, 0.2) is 0 Å². The Bertz CT molecular complexity index is 511. The summed E-state index contributed by atoms with van der Waals surface area (Å²) in [4.78, 5) is 14.4. The van der Waals surface area contributed by atoms with Gasteiger partial charge in [0, 0.05) is 31.7 Å². The van der Waals surface area contributed by atoms with Crippen LogP contribution >= 0.6 is 0 Å². The standard InChI is InChI=1S/C19H31N3O2/c1-15-11-16(2)14-22(13-15)10-6-9-20-19(23)21-12-17-7-4-5-8-18(17)24-3/h4-5,7-8,15-16H,6,9-14H2,1-3H3,(H2,20,21,23)/t15-,16-/m0/s1. The second-order valence-electron chi connectivity index (χ2n) is 6.98. The molecule has 2 atom stereocenters. The maximum atomic E-state index is 11.9. The first kappa shape index (κ1) is 18.6. The highest BCUT2D eigenvalue weighted by molar-refractivity contribution is 5.73. The lowest BCUT2D eigenvalue weighted by molar-refractivity contribution is 0.139. The second kappa shape index (κ2) is 9.52. The number of benzene rings is 1. The van der Waals surface area contributed by atoms with E-state index in [1.54, 1.807) is 7.11 Å². The molecule has 0 unspecified atom stereocenters. The van der Waals surface area contributed by atoms with Crippen molar-refractivity contribution in [1.82, 2.24) is 15.5 Å². The number of rotatable bonds is 7. The summed E-state index contributed by atoms with van der Waals surface area (Å²) in [6.07, 6.45) is 2.32. The predicted molar refractivity (Wildman–Crippen MR) is 97.2 cm³/mol. The van der Waals surface area contributed by atoms with Crippen molar-refractivity contribution in [2.45, 2.75) is 33.2 Å². The van der Waals surface area contributed by atoms with Crippen molar-refractivity contribution < 1.29 is 9.53 Å². The molecule has 0 aliphatic carbocycles. The van der Waals surface area contributed by atoms with Crippen LogP contribution in [0.1, 0.15) is 32.3 Å². The summed E-state index contributed by atoms with van der Waals surface area (Å²) in [5.41, 5.74) is 0.978. The van der Waals surface area contributed by atoms with E-state index in [0.717, 1.165) is 36.1 Å². The first-order chi connectivity index (χ1) is 11.6. The van der Waals surface area contributed by atoms with Crippen molar-refractivity contribution in [2.75, 3.05) is 33.3 Å². The molecule has 5 heteroatoms. The van der Waals surface area contributed by atoms with Gasteiger partial charge >= 0.3 is 6.03 Å². The number of piperidine rings is 1. The van der Waals surface area contributed by atoms with Crippen LogP contribution in [0.3, 0.4) is 0 Å². The molecule has 0 bridgehead atoms. The van der Waals surface area contributed by atoms with Crippen LogP contribution < -0.4 is 15.4 Å². The molecule has 0 radical (unpaired) electrons. The molecule has 1 fully saturated rings. The lowest BCUT2D eigenvalue weighted by atomic mass is 9.92. The normalized spacial score (nSPS) is 21.3. The van der Waals surface area contributed by atoms with Gasteiger partial charge in [-0.2, -0.15) is 0 Å². The molecule has 0 aromatic heterocycles. The molecule has 1 aromatic rings. The van der Waals surface area contributed by atoms with Gasteiger partial charge in [-0.25, -0.2) is 4.79 Å². The minimum absolute atomic E-state index is 0.124. The molecule has 2 N–H and O–H groups in total. The Morgan fingerprint density at radius 2 is 1.92 bits per heavy atom. The number of nitrogens with one attached hydrogen (secondary N) is 2. The third-order valence-corrected chi connectivity index (χ3v) is 4.51. The quantitative estimate of drug-likeness (QED) is 0.755. The molecule has 1 saturated heterocycles. The van der Waals surface area contributed by atoms with Gasteiger partial charge in [0.1, 0.15) is 5.75 Å². The summed E-state index contributed by atoms with van der Waals surface area (Å²) in [7, 11) is 1.64. The zero-order valence-corrected chi connectivity index (χ0v) is 15.2. The van der Waals surface area contributed by atoms with Crippen molar-refractivity contribution in [3.63, 3.8) is 0 Å². The molecule has 5 nitrogen and oxygen atoms in total. The summed E-state index contributed by atoms with van der Waals surface area (Å²) in [6.45, 7) is 9.25. The Balaban J connectivity index is 1.61. The predicted octanol–water partition coefficient (Wildman–Crippen LogP) is 2.86. The average molecular weight is 333 g/mol. The molecule has 134 valence electrons. The lowest BCUT2D eigenvalue weighted by Gasteiger charge is -2.34. The van der Waals surface area contributed by atoms with Gasteiger partial charge in [-0.1, -0.05) is 32.0 Å². The molecular weight excluding hydrogens is 302 g/mol. The Hall–Kier alpha value is -1.75. The van der Waals surface area contributed by atoms with Crippen molar-refractivity contribution in [1.29, 1.82) is 0 Å². The summed E-state index contributed by atoms with van der Waals surface area (Å²) in [5.74, 6) is 2.36. The van der Waals surface area contributed by atoms with Gasteiger partial charge in [-0.3, -0.25) is 0 Å². The zero-order valence-electron chi connectivity index (χ0n) is 15.2. The number of hydrogen-bond acceptors (Lipinski definition) is 3. The van der Waals surface area contributed by atoms with Crippen LogP contribution in [0.5, 0.6) is 5.75 Å². The van der Waals surface area contributed by atoms with Crippen LogP contribution in [-0.2, 0) is 6.54 Å². The van der Waals surface area contributed by atoms with Crippen LogP contribution in [0.25, 0.3) is 0 Å². The number of methoxy groups -OCH3 is 1. The summed E-state index contributed by atoms with van der Waals surface area (Å²) in [5, 5.41) is 5.82. The Morgan fingerprint density at radius 1 is 1.21 bits per heavy atom. The Labute approximate surface area is 145 Å². The van der Waals surface area contributed by atoms with E-state index in [1.807, 2.05) is 24.3 Å². The highest BCUT2D eigenvalue weighted by Gasteiger charge is 2.20. The van der Waals surface area contributed by atoms with Crippen molar-refractivity contribution in [3.05, 3.63) is 29.8 Å². The first-order valence-corrected chi connectivity index (χ1v) is 8.94. The molecule has 0 saturated carbocycles. The fourth-order valence-electron chi connectivity index (χ4n) is 3.57. The third kappa shape index (κ3) is 6.04. The Kier molecular flexibility index (Phi) is 7.37. The number of carbonyl (C=O) groups is 1. The average Bonchev–Trinajstić information content (AvgIpc) is 2.56. The van der Waals surface area contributed by atoms with Gasteiger partial charge in [0.05, 0.1) is 7.11 Å². The third-order valence-electron chi connectivity index (χ3n) is 4.51. The van der Waals surface area contributed by atoms with Gasteiger partial charge < -0.3 is 20.3 Å². The zero-order chi connectivity index (χ0) is 17.4. The molecule has 2 amide bonds. The molecule has 0 spiro atoms. The van der Waals surface area contributed by atoms with Gasteiger partial charge in [-0.05, 0) is 37.3 Å². The van der Waals surface area contributed by atoms with Crippen molar-refractivity contribution in [3.8, 4) is 5.75 Å². The summed E-state index contributed by atoms with van der Waals surface area (Å²) >= 11 is 0. The minimum Gasteiger partial charge on any atom is -0.496 e. The monoisotopic (exact) mass is 333 g/mol. The molecule has 1 aromatic carbocycles. The molecule has 1 aliphatic rings. The van der Waals surface area contributed by atoms with Gasteiger partial charge in [-0.15, -0.1) is 0 Å². The topological polar surface area (TPSA) is 53.6 Å². The van der Waals surface area contributed by atoms with Gasteiger partial charge in [0.25, 0.3) is 0 Å². The van der Waals surface area contributed by atoms with Crippen LogP contribution in [0, 0.1) is 11.8 Å². The number of para-hydroxylation sites is 1. The van der Waals surface area contributed by atoms with E-state index < -0.39 is 0 Å². The smallest absolute Gasteiger partial charge is 0.315 e. The summed E-state index contributed by atoms with van der Waals surface area (Å²) in [6, 6.07) is 7.59. The molecule has 24 heavy (non-hydrogen) atoms. The van der Waals surface area contributed by atoms with Crippen LogP contribution in [0.2, 0.25) is 0 Å². The molecule has 1 aliphatic heterocycles. The maximum absolute atomic E-state index is 11.9. The van der Waals surface area contributed by atoms with E-state index in [2.05, 4.69) is 29.4 Å². The SMILES string of the molecule is COc1ccccc1CNC(=O)NCCCN1C[C@@H](C)C[C@H](C)C1. The number of likely N-dealkylation sites (tertiary alicyclic amines) is 1. The van der Waals surface area contributed by atoms with Crippen LogP contribution in [0.4, 0.5) is 4.79 Å². The highest BCUT2D eigenvalue weighted by Crippen LogP contribution is 2.20. The van der Waals surface area contributed by atoms with E-state index in [9.17, 15) is 4.79 Å². The number of ether oxygens (including phenoxy) is 1. The van der Waals surface area contributed by atoms with Crippen molar-refractivity contribution >= 4 is 6.03 Å². The molecule has 1 heterocycles. The number of hydrogen-bond donors (Lipinski definition) is 2. The van der Waals surface area contributed by atoms with Crippen molar-refractivity contribution in [2.24, 2.45) is 11.8 Å². The highest BCUT2D eigenvalue weighted by atomic mass is 16.5. The van der Waals surface area contributed by atoms with Crippen LogP contribution in [0.15, 0.2) is 24.3 Å². The van der Waals surface area contributed by atoms with E-state index in [4.69, 9.17) is 4.74 Å². The first-order valence-electron chi connectivity index (χ1n) is 8.94. The number of urea groups is 1. The molecular formula is C19H31N3O2. The largest absolute Gasteiger partial charge is 0.496 e. The fourth-order valence-corrected chi connectivity index (χ4v) is 3.57.